The van der Waals surface area contributed by atoms with Gasteiger partial charge in [-0.25, -0.2) is 0 Å². The summed E-state index contributed by atoms with van der Waals surface area (Å²) < 4.78 is 7.34. The monoisotopic (exact) mass is 688 g/mol. The lowest BCUT2D eigenvalue weighted by atomic mass is 10.0. The zero-order chi connectivity index (χ0) is 35.3. The van der Waals surface area contributed by atoms with Gasteiger partial charge >= 0.3 is 0 Å². The highest BCUT2D eigenvalue weighted by atomic mass is 15.2. The summed E-state index contributed by atoms with van der Waals surface area (Å²) in [5.74, 6) is 0. The molecule has 0 aliphatic rings. The summed E-state index contributed by atoms with van der Waals surface area (Å²) in [6, 6.07) is 70.5. The molecule has 0 atom stereocenters. The van der Waals surface area contributed by atoms with Crippen molar-refractivity contribution in [1.82, 2.24) is 13.4 Å². The molecule has 4 nitrogen and oxygen atoms in total. The molecular weight excluding hydrogens is 657 g/mol. The van der Waals surface area contributed by atoms with Crippen LogP contribution in [0.15, 0.2) is 194 Å². The highest BCUT2D eigenvalue weighted by Crippen LogP contribution is 2.46. The van der Waals surface area contributed by atoms with E-state index in [1.165, 1.54) is 76.8 Å². The van der Waals surface area contributed by atoms with Gasteiger partial charge in [0.05, 0.1) is 38.8 Å². The van der Waals surface area contributed by atoms with Crippen LogP contribution in [-0.2, 0) is 0 Å². The van der Waals surface area contributed by atoms with Crippen molar-refractivity contribution in [1.29, 1.82) is 0 Å². The third-order valence-corrected chi connectivity index (χ3v) is 11.4. The Morgan fingerprint density at radius 3 is 1.44 bits per heavy atom. The maximum absolute atomic E-state index is 2.49. The Morgan fingerprint density at radius 2 is 0.815 bits per heavy atom. The van der Waals surface area contributed by atoms with Crippen molar-refractivity contribution in [3.63, 3.8) is 0 Å². The average Bonchev–Trinajstić information content (AvgIpc) is 3.97. The molecule has 0 fully saturated rings. The van der Waals surface area contributed by atoms with E-state index < -0.39 is 0 Å². The number of rotatable bonds is 5. The number of para-hydroxylation sites is 5. The Morgan fingerprint density at radius 1 is 0.333 bits per heavy atom. The first-order valence-corrected chi connectivity index (χ1v) is 18.5. The topological polar surface area (TPSA) is 17.0 Å². The molecule has 8 aromatic carbocycles. The Labute approximate surface area is 310 Å². The van der Waals surface area contributed by atoms with Gasteiger partial charge in [-0.1, -0.05) is 121 Å². The van der Waals surface area contributed by atoms with Gasteiger partial charge in [-0.2, -0.15) is 0 Å². The molecule has 4 aromatic heterocycles. The molecule has 0 unspecified atom stereocenters. The first kappa shape index (κ1) is 29.3. The molecule has 0 bridgehead atoms. The SMILES string of the molecule is c1ccc(-c2ccc(N(c3ccc(-n4c5ccccc5c5ccccc54)cc3)c3cccc4c3n3c5ccccc5c5c6ccccc6n4c53)cc2)cc1. The number of benzene rings is 8. The van der Waals surface area contributed by atoms with Gasteiger partial charge < -0.3 is 9.47 Å². The number of hydrogen-bond donors (Lipinski definition) is 0. The van der Waals surface area contributed by atoms with Crippen molar-refractivity contribution in [2.45, 2.75) is 0 Å². The molecule has 0 N–H and O–H groups in total. The molecule has 0 spiro atoms. The highest BCUT2D eigenvalue weighted by Gasteiger charge is 2.26. The minimum Gasteiger partial charge on any atom is -0.309 e. The molecule has 252 valence electrons. The highest BCUT2D eigenvalue weighted by molar-refractivity contribution is 6.25. The van der Waals surface area contributed by atoms with E-state index in [1.807, 2.05) is 0 Å². The Hall–Kier alpha value is -7.30. The molecule has 0 saturated carbocycles. The number of hydrogen-bond acceptors (Lipinski definition) is 1. The number of aromatic nitrogens is 3. The van der Waals surface area contributed by atoms with E-state index in [2.05, 4.69) is 212 Å². The van der Waals surface area contributed by atoms with E-state index in [4.69, 9.17) is 0 Å². The summed E-state index contributed by atoms with van der Waals surface area (Å²) in [7, 11) is 0. The van der Waals surface area contributed by atoms with Gasteiger partial charge in [0.2, 0.25) is 0 Å². The van der Waals surface area contributed by atoms with E-state index in [-0.39, 0.29) is 0 Å². The second kappa shape index (κ2) is 11.1. The van der Waals surface area contributed by atoms with E-state index in [0.717, 1.165) is 22.7 Å². The minimum absolute atomic E-state index is 1.09. The van der Waals surface area contributed by atoms with Crippen LogP contribution < -0.4 is 4.90 Å². The smallest absolute Gasteiger partial charge is 0.131 e. The lowest BCUT2D eigenvalue weighted by Gasteiger charge is -2.27. The Balaban J connectivity index is 1.12. The fourth-order valence-electron chi connectivity index (χ4n) is 9.09. The molecule has 0 aliphatic carbocycles. The van der Waals surface area contributed by atoms with E-state index in [1.54, 1.807) is 0 Å². The van der Waals surface area contributed by atoms with Crippen LogP contribution in [0.25, 0.3) is 82.5 Å². The molecule has 54 heavy (non-hydrogen) atoms. The van der Waals surface area contributed by atoms with E-state index in [9.17, 15) is 0 Å². The van der Waals surface area contributed by atoms with E-state index in [0.29, 0.717) is 0 Å². The van der Waals surface area contributed by atoms with Crippen LogP contribution in [-0.4, -0.2) is 13.4 Å². The summed E-state index contributed by atoms with van der Waals surface area (Å²) in [5.41, 5.74) is 15.3. The van der Waals surface area contributed by atoms with Gasteiger partial charge in [0.15, 0.2) is 0 Å². The summed E-state index contributed by atoms with van der Waals surface area (Å²) >= 11 is 0. The molecular formula is C50H32N4. The van der Waals surface area contributed by atoms with Crippen molar-refractivity contribution in [3.05, 3.63) is 194 Å². The Kier molecular flexibility index (Phi) is 6.02. The van der Waals surface area contributed by atoms with Crippen LogP contribution in [0.4, 0.5) is 17.1 Å². The zero-order valence-electron chi connectivity index (χ0n) is 29.3. The minimum atomic E-state index is 1.09. The second-order valence-corrected chi connectivity index (χ2v) is 14.2. The van der Waals surface area contributed by atoms with Crippen molar-refractivity contribution in [3.8, 4) is 16.8 Å². The Bertz CT molecular complexity index is 3300. The van der Waals surface area contributed by atoms with Gasteiger partial charge in [-0.05, 0) is 83.9 Å². The standard InChI is InChI=1S/C50H32N4/c1-2-13-33(14-3-1)34-25-27-35(28-26-34)51(36-29-31-37(32-30-36)52-42-19-8-4-15-38(42)39-16-5-9-20-43(39)52)46-23-12-24-47-49(46)54-45-22-11-7-18-41(45)48-40-17-6-10-21-44(40)53(47)50(48)54/h1-32H. The predicted molar refractivity (Wildman–Crippen MR) is 227 cm³/mol. The molecule has 4 heterocycles. The number of fused-ring (bicyclic) bond motifs is 12. The van der Waals surface area contributed by atoms with Gasteiger partial charge in [-0.3, -0.25) is 8.80 Å². The zero-order valence-corrected chi connectivity index (χ0v) is 29.3. The summed E-state index contributed by atoms with van der Waals surface area (Å²) in [4.78, 5) is 2.43. The molecule has 12 aromatic rings. The maximum atomic E-state index is 2.49. The van der Waals surface area contributed by atoms with Crippen LogP contribution in [0.1, 0.15) is 0 Å². The number of anilines is 3. The summed E-state index contributed by atoms with van der Waals surface area (Å²) in [5, 5.41) is 6.39. The molecule has 4 heteroatoms. The maximum Gasteiger partial charge on any atom is 0.131 e. The number of imidazole rings is 1. The van der Waals surface area contributed by atoms with Crippen LogP contribution in [0.5, 0.6) is 0 Å². The van der Waals surface area contributed by atoms with Crippen LogP contribution in [0.2, 0.25) is 0 Å². The first-order valence-electron chi connectivity index (χ1n) is 18.5. The lowest BCUT2D eigenvalue weighted by Crippen LogP contribution is -2.11. The fraction of sp³-hybridized carbons (Fsp3) is 0. The van der Waals surface area contributed by atoms with Gasteiger partial charge in [0.25, 0.3) is 0 Å². The summed E-state index contributed by atoms with van der Waals surface area (Å²) in [6.45, 7) is 0. The van der Waals surface area contributed by atoms with Gasteiger partial charge in [-0.15, -0.1) is 0 Å². The largest absolute Gasteiger partial charge is 0.309 e. The normalized spacial score (nSPS) is 12.1. The van der Waals surface area contributed by atoms with E-state index >= 15 is 0 Å². The van der Waals surface area contributed by atoms with Crippen LogP contribution >= 0.6 is 0 Å². The van der Waals surface area contributed by atoms with Crippen molar-refractivity contribution in [2.24, 2.45) is 0 Å². The molecule has 0 aliphatic heterocycles. The first-order chi connectivity index (χ1) is 26.8. The quantitative estimate of drug-likeness (QED) is 0.176. The van der Waals surface area contributed by atoms with Crippen LogP contribution in [0, 0.1) is 0 Å². The second-order valence-electron chi connectivity index (χ2n) is 14.2. The van der Waals surface area contributed by atoms with Crippen molar-refractivity contribution in [2.75, 3.05) is 4.90 Å². The molecule has 0 radical (unpaired) electrons. The molecule has 0 saturated heterocycles. The van der Waals surface area contributed by atoms with Crippen molar-refractivity contribution < 1.29 is 0 Å². The van der Waals surface area contributed by atoms with Gasteiger partial charge in [0, 0.05) is 44.0 Å². The predicted octanol–water partition coefficient (Wildman–Crippen LogP) is 13.3. The third-order valence-electron chi connectivity index (χ3n) is 11.4. The van der Waals surface area contributed by atoms with Gasteiger partial charge in [0.1, 0.15) is 5.65 Å². The molecule has 0 amide bonds. The van der Waals surface area contributed by atoms with Crippen LogP contribution in [0.3, 0.4) is 0 Å². The number of nitrogens with zero attached hydrogens (tertiary/aromatic N) is 4. The molecule has 12 rings (SSSR count). The fourth-order valence-corrected chi connectivity index (χ4v) is 9.09. The summed E-state index contributed by atoms with van der Waals surface area (Å²) in [6.07, 6.45) is 0. The average molecular weight is 689 g/mol. The van der Waals surface area contributed by atoms with Crippen molar-refractivity contribution >= 4 is 82.7 Å². The third kappa shape index (κ3) is 3.97. The lowest BCUT2D eigenvalue weighted by molar-refractivity contribution is 1.17.